The van der Waals surface area contributed by atoms with Crippen LogP contribution in [0.5, 0.6) is 0 Å². The van der Waals surface area contributed by atoms with Crippen molar-refractivity contribution in [1.29, 1.82) is 0 Å². The molecule has 7 nitrogen and oxygen atoms in total. The van der Waals surface area contributed by atoms with Gasteiger partial charge in [0.15, 0.2) is 5.65 Å². The second-order valence-electron chi connectivity index (χ2n) is 6.41. The van der Waals surface area contributed by atoms with E-state index in [1.54, 1.807) is 18.5 Å². The van der Waals surface area contributed by atoms with Gasteiger partial charge >= 0.3 is 0 Å². The number of nitrogens with one attached hydrogen (secondary N) is 1. The molecule has 3 heterocycles. The van der Waals surface area contributed by atoms with E-state index >= 15 is 0 Å². The highest BCUT2D eigenvalue weighted by molar-refractivity contribution is 5.97. The van der Waals surface area contributed by atoms with Gasteiger partial charge in [-0.3, -0.25) is 9.59 Å². The zero-order chi connectivity index (χ0) is 17.1. The van der Waals surface area contributed by atoms with E-state index in [4.69, 9.17) is 0 Å². The highest BCUT2D eigenvalue weighted by Crippen LogP contribution is 2.16. The maximum Gasteiger partial charge on any atom is 0.252 e. The first-order valence-corrected chi connectivity index (χ1v) is 8.45. The van der Waals surface area contributed by atoms with E-state index in [9.17, 15) is 9.59 Å². The second kappa shape index (κ2) is 6.98. The zero-order valence-electron chi connectivity index (χ0n) is 14.2. The molecule has 0 saturated carbocycles. The van der Waals surface area contributed by atoms with Crippen LogP contribution >= 0.6 is 0 Å². The number of hydrogen-bond acceptors (Lipinski definition) is 4. The van der Waals surface area contributed by atoms with E-state index < -0.39 is 0 Å². The highest BCUT2D eigenvalue weighted by atomic mass is 16.2. The van der Waals surface area contributed by atoms with Gasteiger partial charge in [-0.15, -0.1) is 0 Å². The minimum atomic E-state index is -0.212. The molecular weight excluding hydrogens is 306 g/mol. The Morgan fingerprint density at radius 1 is 1.25 bits per heavy atom. The Morgan fingerprint density at radius 3 is 2.71 bits per heavy atom. The largest absolute Gasteiger partial charge is 0.351 e. The lowest BCUT2D eigenvalue weighted by atomic mass is 10.2. The molecule has 1 fully saturated rings. The maximum absolute atomic E-state index is 12.2. The summed E-state index contributed by atoms with van der Waals surface area (Å²) in [4.78, 5) is 30.4. The van der Waals surface area contributed by atoms with Crippen LogP contribution in [-0.4, -0.2) is 51.1 Å². The quantitative estimate of drug-likeness (QED) is 0.906. The number of nitrogens with zero attached hydrogens (tertiary/aromatic N) is 4. The van der Waals surface area contributed by atoms with Gasteiger partial charge in [-0.25, -0.2) is 9.67 Å². The Hall–Kier alpha value is -2.44. The fraction of sp³-hybridized carbons (Fsp3) is 0.529. The summed E-state index contributed by atoms with van der Waals surface area (Å²) in [5.74, 6) is -0.101. The summed E-state index contributed by atoms with van der Waals surface area (Å²) in [7, 11) is 0. The molecule has 24 heavy (non-hydrogen) atoms. The predicted octanol–water partition coefficient (Wildman–Crippen LogP) is 1.75. The van der Waals surface area contributed by atoms with Crippen LogP contribution in [0.15, 0.2) is 18.5 Å². The number of amides is 2. The molecular formula is C17H23N5O2. The first-order chi connectivity index (χ1) is 11.6. The number of carbonyl (C=O) groups excluding carboxylic acids is 2. The lowest BCUT2D eigenvalue weighted by Gasteiger charge is -2.15. The molecule has 2 aromatic rings. The van der Waals surface area contributed by atoms with E-state index in [1.165, 1.54) is 0 Å². The fourth-order valence-electron chi connectivity index (χ4n) is 2.95. The van der Waals surface area contributed by atoms with Crippen molar-refractivity contribution in [2.45, 2.75) is 39.2 Å². The summed E-state index contributed by atoms with van der Waals surface area (Å²) in [6.07, 6.45) is 5.77. The van der Waals surface area contributed by atoms with Crippen molar-refractivity contribution in [1.82, 2.24) is 25.0 Å². The average molecular weight is 329 g/mol. The Morgan fingerprint density at radius 2 is 2.00 bits per heavy atom. The van der Waals surface area contributed by atoms with Gasteiger partial charge in [-0.2, -0.15) is 5.10 Å². The molecule has 0 aromatic carbocycles. The number of likely N-dealkylation sites (tertiary alicyclic amines) is 1. The SMILES string of the molecule is CC(C)n1ncc2cc(C(=O)NCCC(=O)N3CCCC3)cnc21. The third-order valence-electron chi connectivity index (χ3n) is 4.27. The number of fused-ring (bicyclic) bond motifs is 1. The third-order valence-corrected chi connectivity index (χ3v) is 4.27. The molecule has 1 aliphatic heterocycles. The molecule has 1 saturated heterocycles. The van der Waals surface area contributed by atoms with Crippen LogP contribution in [0.4, 0.5) is 0 Å². The van der Waals surface area contributed by atoms with Gasteiger partial charge in [0, 0.05) is 43.7 Å². The monoisotopic (exact) mass is 329 g/mol. The van der Waals surface area contributed by atoms with E-state index in [1.807, 2.05) is 23.4 Å². The molecule has 0 spiro atoms. The van der Waals surface area contributed by atoms with Crippen LogP contribution in [-0.2, 0) is 4.79 Å². The highest BCUT2D eigenvalue weighted by Gasteiger charge is 2.18. The first kappa shape index (κ1) is 16.4. The van der Waals surface area contributed by atoms with Crippen LogP contribution < -0.4 is 5.32 Å². The molecule has 0 unspecified atom stereocenters. The third kappa shape index (κ3) is 3.39. The topological polar surface area (TPSA) is 80.1 Å². The minimum Gasteiger partial charge on any atom is -0.351 e. The lowest BCUT2D eigenvalue weighted by Crippen LogP contribution is -2.32. The number of aromatic nitrogens is 3. The summed E-state index contributed by atoms with van der Waals surface area (Å²) < 4.78 is 1.83. The van der Waals surface area contributed by atoms with Gasteiger partial charge < -0.3 is 10.2 Å². The summed E-state index contributed by atoms with van der Waals surface area (Å²) in [6, 6.07) is 2.00. The number of rotatable bonds is 5. The lowest BCUT2D eigenvalue weighted by molar-refractivity contribution is -0.129. The Kier molecular flexibility index (Phi) is 4.78. The number of hydrogen-bond donors (Lipinski definition) is 1. The van der Waals surface area contributed by atoms with Gasteiger partial charge in [0.25, 0.3) is 5.91 Å². The van der Waals surface area contributed by atoms with Gasteiger partial charge in [0.2, 0.25) is 5.91 Å². The Labute approximate surface area is 141 Å². The molecule has 3 rings (SSSR count). The molecule has 0 atom stereocenters. The number of pyridine rings is 1. The van der Waals surface area contributed by atoms with E-state index in [-0.39, 0.29) is 17.9 Å². The van der Waals surface area contributed by atoms with Gasteiger partial charge in [0.1, 0.15) is 0 Å². The first-order valence-electron chi connectivity index (χ1n) is 8.45. The summed E-state index contributed by atoms with van der Waals surface area (Å²) >= 11 is 0. The second-order valence-corrected chi connectivity index (χ2v) is 6.41. The standard InChI is InChI=1S/C17H23N5O2/c1-12(2)22-16-13(11-20-22)9-14(10-19-16)17(24)18-6-5-15(23)21-7-3-4-8-21/h9-12H,3-8H2,1-2H3,(H,18,24). The molecule has 1 N–H and O–H groups in total. The molecule has 7 heteroatoms. The normalized spacial score (nSPS) is 14.5. The Balaban J connectivity index is 1.58. The molecule has 2 aromatic heterocycles. The van der Waals surface area contributed by atoms with Crippen LogP contribution in [0, 0.1) is 0 Å². The summed E-state index contributed by atoms with van der Waals surface area (Å²) in [5.41, 5.74) is 1.25. The van der Waals surface area contributed by atoms with Crippen molar-refractivity contribution in [3.05, 3.63) is 24.0 Å². The molecule has 128 valence electrons. The molecule has 0 radical (unpaired) electrons. The Bertz CT molecular complexity index is 747. The van der Waals surface area contributed by atoms with Crippen LogP contribution in [0.25, 0.3) is 11.0 Å². The predicted molar refractivity (Wildman–Crippen MR) is 90.7 cm³/mol. The van der Waals surface area contributed by atoms with Crippen molar-refractivity contribution in [2.75, 3.05) is 19.6 Å². The van der Waals surface area contributed by atoms with Crippen molar-refractivity contribution >= 4 is 22.8 Å². The zero-order valence-corrected chi connectivity index (χ0v) is 14.2. The molecule has 2 amide bonds. The van der Waals surface area contributed by atoms with Crippen LogP contribution in [0.2, 0.25) is 0 Å². The van der Waals surface area contributed by atoms with Crippen molar-refractivity contribution < 1.29 is 9.59 Å². The van der Waals surface area contributed by atoms with Gasteiger partial charge in [-0.05, 0) is 32.8 Å². The van der Waals surface area contributed by atoms with Crippen molar-refractivity contribution in [3.8, 4) is 0 Å². The molecule has 0 aliphatic carbocycles. The smallest absolute Gasteiger partial charge is 0.252 e. The van der Waals surface area contributed by atoms with Gasteiger partial charge in [-0.1, -0.05) is 0 Å². The summed E-state index contributed by atoms with van der Waals surface area (Å²) in [6.45, 7) is 6.09. The van der Waals surface area contributed by atoms with Crippen LogP contribution in [0.3, 0.4) is 0 Å². The van der Waals surface area contributed by atoms with E-state index in [2.05, 4.69) is 15.4 Å². The van der Waals surface area contributed by atoms with E-state index in [0.29, 0.717) is 18.5 Å². The molecule has 1 aliphatic rings. The van der Waals surface area contributed by atoms with Crippen molar-refractivity contribution in [2.24, 2.45) is 0 Å². The van der Waals surface area contributed by atoms with Crippen molar-refractivity contribution in [3.63, 3.8) is 0 Å². The van der Waals surface area contributed by atoms with E-state index in [0.717, 1.165) is 37.0 Å². The minimum absolute atomic E-state index is 0.111. The average Bonchev–Trinajstić information content (AvgIpc) is 3.23. The maximum atomic E-state index is 12.2. The molecule has 0 bridgehead atoms. The fourth-order valence-corrected chi connectivity index (χ4v) is 2.95. The van der Waals surface area contributed by atoms with Gasteiger partial charge in [0.05, 0.1) is 11.8 Å². The number of carbonyl (C=O) groups is 2. The van der Waals surface area contributed by atoms with Crippen LogP contribution in [0.1, 0.15) is 49.5 Å². The summed E-state index contributed by atoms with van der Waals surface area (Å²) in [5, 5.41) is 7.93.